The summed E-state index contributed by atoms with van der Waals surface area (Å²) in [5, 5.41) is 0. The standard InChI is InChI=1S/C37H42N2O7S2/c1-26(2)27-17-19-28(20-18-27)30-11-7-16-35(23-30)48(43,44)39-21-9-12-31(25-39)29-10-6-14-33(22-29)46-37(3,4)36(40)38-47(41,42)34-15-8-13-32(24-34)45-5/h6-8,10-11,13-20,22-24,26,31H,9,12,21,25H2,1-5H3,(H,38,40). The highest BCUT2D eigenvalue weighted by Gasteiger charge is 2.35. The SMILES string of the molecule is COc1cccc(S(=O)(=O)NC(=O)C(C)(C)Oc2cccc(C3CCCN(S(=O)(=O)c4cccc(-c5ccc(C(C)C)cc5)c4)C3)c2)c1. The van der Waals surface area contributed by atoms with Gasteiger partial charge in [-0.05, 0) is 97.2 Å². The molecule has 1 saturated heterocycles. The van der Waals surface area contributed by atoms with E-state index in [4.69, 9.17) is 9.47 Å². The van der Waals surface area contributed by atoms with Crippen molar-refractivity contribution in [2.75, 3.05) is 20.2 Å². The van der Waals surface area contributed by atoms with E-state index >= 15 is 0 Å². The Bertz CT molecular complexity index is 1990. The zero-order valence-electron chi connectivity index (χ0n) is 27.8. The lowest BCUT2D eigenvalue weighted by Crippen LogP contribution is -2.48. The molecule has 1 N–H and O–H groups in total. The molecule has 1 heterocycles. The number of hydrogen-bond donors (Lipinski definition) is 1. The minimum Gasteiger partial charge on any atom is -0.497 e. The van der Waals surface area contributed by atoms with Crippen molar-refractivity contribution in [1.29, 1.82) is 0 Å². The third-order valence-electron chi connectivity index (χ3n) is 8.59. The Morgan fingerprint density at radius 3 is 2.21 bits per heavy atom. The second-order valence-electron chi connectivity index (χ2n) is 12.8. The molecule has 11 heteroatoms. The highest BCUT2D eigenvalue weighted by Crippen LogP contribution is 2.34. The van der Waals surface area contributed by atoms with Crippen LogP contribution >= 0.6 is 0 Å². The number of amides is 1. The monoisotopic (exact) mass is 690 g/mol. The van der Waals surface area contributed by atoms with E-state index in [9.17, 15) is 21.6 Å². The van der Waals surface area contributed by atoms with Crippen molar-refractivity contribution >= 4 is 26.0 Å². The molecule has 0 radical (unpaired) electrons. The molecular formula is C37H42N2O7S2. The molecule has 1 aliphatic heterocycles. The van der Waals surface area contributed by atoms with E-state index in [1.54, 1.807) is 42.5 Å². The van der Waals surface area contributed by atoms with Crippen molar-refractivity contribution in [2.24, 2.45) is 0 Å². The summed E-state index contributed by atoms with van der Waals surface area (Å²) < 4.78 is 68.3. The van der Waals surface area contributed by atoms with Crippen LogP contribution in [-0.4, -0.2) is 52.8 Å². The number of piperidine rings is 1. The number of carbonyl (C=O) groups excluding carboxylic acids is 1. The van der Waals surface area contributed by atoms with Gasteiger partial charge in [0.15, 0.2) is 5.60 Å². The molecule has 4 aromatic carbocycles. The molecule has 1 atom stereocenters. The number of sulfonamides is 2. The first kappa shape index (κ1) is 35.1. The van der Waals surface area contributed by atoms with E-state index in [2.05, 4.69) is 30.7 Å². The van der Waals surface area contributed by atoms with Crippen molar-refractivity contribution in [3.63, 3.8) is 0 Å². The summed E-state index contributed by atoms with van der Waals surface area (Å²) in [6.07, 6.45) is 1.46. The maximum atomic E-state index is 13.9. The van der Waals surface area contributed by atoms with Crippen molar-refractivity contribution in [1.82, 2.24) is 9.03 Å². The zero-order valence-corrected chi connectivity index (χ0v) is 29.5. The van der Waals surface area contributed by atoms with Gasteiger partial charge in [-0.2, -0.15) is 4.31 Å². The van der Waals surface area contributed by atoms with E-state index in [-0.39, 0.29) is 15.7 Å². The first-order valence-corrected chi connectivity index (χ1v) is 18.8. The summed E-state index contributed by atoms with van der Waals surface area (Å²) in [6.45, 7) is 7.95. The summed E-state index contributed by atoms with van der Waals surface area (Å²) in [4.78, 5) is 13.3. The molecule has 1 unspecified atom stereocenters. The number of methoxy groups -OCH3 is 1. The summed E-state index contributed by atoms with van der Waals surface area (Å²) in [5.41, 5.74) is 2.34. The summed E-state index contributed by atoms with van der Waals surface area (Å²) in [7, 11) is -6.52. The molecule has 0 spiro atoms. The normalized spacial score (nSPS) is 16.0. The average molecular weight is 691 g/mol. The molecule has 0 aliphatic carbocycles. The largest absolute Gasteiger partial charge is 0.497 e. The third kappa shape index (κ3) is 7.91. The number of ether oxygens (including phenoxy) is 2. The van der Waals surface area contributed by atoms with Crippen LogP contribution in [0.1, 0.15) is 63.5 Å². The minimum absolute atomic E-state index is 0.103. The van der Waals surface area contributed by atoms with Crippen LogP contribution < -0.4 is 14.2 Å². The van der Waals surface area contributed by atoms with Crippen molar-refractivity contribution in [3.8, 4) is 22.6 Å². The Morgan fingerprint density at radius 1 is 0.833 bits per heavy atom. The van der Waals surface area contributed by atoms with Gasteiger partial charge in [0.05, 0.1) is 16.9 Å². The molecule has 48 heavy (non-hydrogen) atoms. The van der Waals surface area contributed by atoms with Gasteiger partial charge >= 0.3 is 0 Å². The van der Waals surface area contributed by atoms with Gasteiger partial charge in [0.1, 0.15) is 11.5 Å². The van der Waals surface area contributed by atoms with Gasteiger partial charge < -0.3 is 9.47 Å². The van der Waals surface area contributed by atoms with E-state index < -0.39 is 31.6 Å². The van der Waals surface area contributed by atoms with Gasteiger partial charge in [-0.3, -0.25) is 4.79 Å². The van der Waals surface area contributed by atoms with Crippen LogP contribution in [0.15, 0.2) is 107 Å². The minimum atomic E-state index is -4.18. The van der Waals surface area contributed by atoms with Crippen LogP contribution in [0.3, 0.4) is 0 Å². The molecule has 0 saturated carbocycles. The summed E-state index contributed by atoms with van der Waals surface area (Å²) >= 11 is 0. The van der Waals surface area contributed by atoms with E-state index in [1.165, 1.54) is 49.0 Å². The molecule has 254 valence electrons. The summed E-state index contributed by atoms with van der Waals surface area (Å²) in [5.74, 6) is 0.165. The maximum absolute atomic E-state index is 13.9. The highest BCUT2D eigenvalue weighted by atomic mass is 32.2. The number of nitrogens with one attached hydrogen (secondary N) is 1. The van der Waals surface area contributed by atoms with Gasteiger partial charge in [-0.15, -0.1) is 0 Å². The first-order valence-electron chi connectivity index (χ1n) is 15.9. The number of hydrogen-bond acceptors (Lipinski definition) is 7. The fourth-order valence-electron chi connectivity index (χ4n) is 5.72. The van der Waals surface area contributed by atoms with Crippen molar-refractivity contribution in [2.45, 2.75) is 67.8 Å². The van der Waals surface area contributed by atoms with Gasteiger partial charge in [0, 0.05) is 19.2 Å². The van der Waals surface area contributed by atoms with E-state index in [0.29, 0.717) is 36.9 Å². The Morgan fingerprint density at radius 2 is 1.50 bits per heavy atom. The predicted molar refractivity (Wildman–Crippen MR) is 186 cm³/mol. The molecule has 0 aromatic heterocycles. The van der Waals surface area contributed by atoms with Crippen LogP contribution in [0.25, 0.3) is 11.1 Å². The zero-order chi connectivity index (χ0) is 34.7. The van der Waals surface area contributed by atoms with Crippen molar-refractivity contribution in [3.05, 3.63) is 108 Å². The van der Waals surface area contributed by atoms with Crippen LogP contribution in [0.4, 0.5) is 0 Å². The van der Waals surface area contributed by atoms with Crippen LogP contribution in [0.2, 0.25) is 0 Å². The summed E-state index contributed by atoms with van der Waals surface area (Å²) in [6, 6.07) is 28.3. The molecular weight excluding hydrogens is 649 g/mol. The van der Waals surface area contributed by atoms with Crippen LogP contribution in [0, 0.1) is 0 Å². The van der Waals surface area contributed by atoms with E-state index in [0.717, 1.165) is 23.1 Å². The van der Waals surface area contributed by atoms with Gasteiger partial charge in [0.2, 0.25) is 10.0 Å². The fourth-order valence-corrected chi connectivity index (χ4v) is 8.43. The van der Waals surface area contributed by atoms with E-state index in [1.807, 2.05) is 24.3 Å². The number of nitrogens with zero attached hydrogens (tertiary/aromatic N) is 1. The molecule has 4 aromatic rings. The lowest BCUT2D eigenvalue weighted by molar-refractivity contribution is -0.132. The third-order valence-corrected chi connectivity index (χ3v) is 11.8. The average Bonchev–Trinajstić information content (AvgIpc) is 3.08. The molecule has 9 nitrogen and oxygen atoms in total. The highest BCUT2D eigenvalue weighted by molar-refractivity contribution is 7.90. The topological polar surface area (TPSA) is 119 Å². The quantitative estimate of drug-likeness (QED) is 0.186. The fraction of sp³-hybridized carbons (Fsp3) is 0.324. The van der Waals surface area contributed by atoms with Crippen LogP contribution in [0.5, 0.6) is 11.5 Å². The van der Waals surface area contributed by atoms with Gasteiger partial charge in [-0.25, -0.2) is 21.6 Å². The Kier molecular flexibility index (Phi) is 10.3. The number of benzene rings is 4. The maximum Gasteiger partial charge on any atom is 0.277 e. The predicted octanol–water partition coefficient (Wildman–Crippen LogP) is 6.72. The Balaban J connectivity index is 1.29. The van der Waals surface area contributed by atoms with Gasteiger partial charge in [0.25, 0.3) is 15.9 Å². The first-order chi connectivity index (χ1) is 22.7. The second kappa shape index (κ2) is 14.1. The van der Waals surface area contributed by atoms with Crippen molar-refractivity contribution < 1.29 is 31.1 Å². The second-order valence-corrected chi connectivity index (χ2v) is 16.4. The Labute approximate surface area is 284 Å². The number of carbonyl (C=O) groups is 1. The van der Waals surface area contributed by atoms with Crippen LogP contribution in [-0.2, 0) is 24.8 Å². The van der Waals surface area contributed by atoms with Gasteiger partial charge in [-0.1, -0.05) is 68.4 Å². The lowest BCUT2D eigenvalue weighted by Gasteiger charge is -2.32. The Hall–Kier alpha value is -4.19. The molecule has 1 aliphatic rings. The molecule has 5 rings (SSSR count). The molecule has 1 amide bonds. The molecule has 1 fully saturated rings. The molecule has 0 bridgehead atoms. The lowest BCUT2D eigenvalue weighted by atomic mass is 9.91. The number of rotatable bonds is 11. The smallest absolute Gasteiger partial charge is 0.277 e.